The Morgan fingerprint density at radius 1 is 1.71 bits per heavy atom. The SMILES string of the molecule is CC(=O)C(F)(Br)Br. The topological polar surface area (TPSA) is 17.1 Å². The number of Topliss-reactive ketones (excluding diaryl/α,β-unsaturated/α-hetero) is 1. The fourth-order valence-corrected chi connectivity index (χ4v) is 0. The molecule has 0 saturated carbocycles. The first kappa shape index (κ1) is 7.56. The zero-order valence-electron chi connectivity index (χ0n) is 3.54. The van der Waals surface area contributed by atoms with Gasteiger partial charge in [0.15, 0.2) is 5.78 Å². The van der Waals surface area contributed by atoms with E-state index in [1.54, 1.807) is 0 Å². The van der Waals surface area contributed by atoms with Crippen LogP contribution in [0.4, 0.5) is 4.39 Å². The zero-order valence-corrected chi connectivity index (χ0v) is 6.71. The molecule has 0 N–H and O–H groups in total. The Morgan fingerprint density at radius 3 is 1.86 bits per heavy atom. The molecule has 0 aliphatic rings. The Bertz CT molecular complexity index is 85.4. The average molecular weight is 234 g/mol. The van der Waals surface area contributed by atoms with E-state index in [-0.39, 0.29) is 0 Å². The smallest absolute Gasteiger partial charge is 0.276 e. The van der Waals surface area contributed by atoms with Crippen molar-refractivity contribution in [3.05, 3.63) is 0 Å². The summed E-state index contributed by atoms with van der Waals surface area (Å²) in [6.45, 7) is 1.14. The molecule has 0 fully saturated rings. The molecule has 7 heavy (non-hydrogen) atoms. The van der Waals surface area contributed by atoms with Crippen LogP contribution < -0.4 is 0 Å². The lowest BCUT2D eigenvalue weighted by Crippen LogP contribution is -2.13. The largest absolute Gasteiger partial charge is 0.294 e. The standard InChI is InChI=1S/C3H3Br2FO/c1-2(7)3(4,5)6/h1H3. The summed E-state index contributed by atoms with van der Waals surface area (Å²) in [5.41, 5.74) is 0. The van der Waals surface area contributed by atoms with E-state index in [1.807, 2.05) is 0 Å². The first-order valence-electron chi connectivity index (χ1n) is 1.52. The number of hydrogen-bond donors (Lipinski definition) is 0. The molecule has 0 unspecified atom stereocenters. The maximum Gasteiger partial charge on any atom is 0.276 e. The van der Waals surface area contributed by atoms with Gasteiger partial charge in [-0.15, -0.1) is 0 Å². The number of hydrogen-bond acceptors (Lipinski definition) is 1. The van der Waals surface area contributed by atoms with Crippen molar-refractivity contribution in [3.8, 4) is 0 Å². The lowest BCUT2D eigenvalue weighted by atomic mass is 10.5. The van der Waals surface area contributed by atoms with Crippen LogP contribution >= 0.6 is 31.9 Å². The summed E-state index contributed by atoms with van der Waals surface area (Å²) in [5, 5.41) is 0. The first-order valence-corrected chi connectivity index (χ1v) is 3.11. The molecule has 0 aliphatic heterocycles. The van der Waals surface area contributed by atoms with Crippen molar-refractivity contribution in [3.63, 3.8) is 0 Å². The number of ketones is 1. The van der Waals surface area contributed by atoms with Crippen molar-refractivity contribution in [1.82, 2.24) is 0 Å². The van der Waals surface area contributed by atoms with E-state index >= 15 is 0 Å². The van der Waals surface area contributed by atoms with Gasteiger partial charge in [0, 0.05) is 0 Å². The molecule has 0 spiro atoms. The Labute approximate surface area is 57.5 Å². The second-order valence-corrected chi connectivity index (χ2v) is 4.30. The van der Waals surface area contributed by atoms with Crippen LogP contribution in [0.3, 0.4) is 0 Å². The Hall–Kier alpha value is 0.560. The minimum atomic E-state index is -2.01. The van der Waals surface area contributed by atoms with Crippen LogP contribution in [0, 0.1) is 0 Å². The highest BCUT2D eigenvalue weighted by atomic mass is 79.9. The fraction of sp³-hybridized carbons (Fsp3) is 0.667. The van der Waals surface area contributed by atoms with E-state index in [1.165, 1.54) is 0 Å². The number of halogens is 3. The highest BCUT2D eigenvalue weighted by Gasteiger charge is 2.26. The van der Waals surface area contributed by atoms with Crippen molar-refractivity contribution in [2.24, 2.45) is 0 Å². The predicted octanol–water partition coefficient (Wildman–Crippen LogP) is 1.99. The molecule has 42 valence electrons. The Kier molecular flexibility index (Phi) is 2.40. The van der Waals surface area contributed by atoms with Gasteiger partial charge in [-0.2, -0.15) is 0 Å². The summed E-state index contributed by atoms with van der Waals surface area (Å²) in [5.74, 6) is -0.590. The average Bonchev–Trinajstić information content (AvgIpc) is 1.31. The molecule has 0 saturated heterocycles. The maximum atomic E-state index is 12.0. The van der Waals surface area contributed by atoms with Gasteiger partial charge in [-0.1, -0.05) is 0 Å². The van der Waals surface area contributed by atoms with Gasteiger partial charge in [-0.3, -0.25) is 4.79 Å². The molecule has 4 heteroatoms. The van der Waals surface area contributed by atoms with Gasteiger partial charge in [0.2, 0.25) is 0 Å². The van der Waals surface area contributed by atoms with Crippen molar-refractivity contribution in [2.75, 3.05) is 0 Å². The molecule has 0 aromatic rings. The number of rotatable bonds is 1. The van der Waals surface area contributed by atoms with Crippen molar-refractivity contribution >= 4 is 37.6 Å². The van der Waals surface area contributed by atoms with E-state index < -0.39 is 9.27 Å². The Morgan fingerprint density at radius 2 is 1.86 bits per heavy atom. The lowest BCUT2D eigenvalue weighted by Gasteiger charge is -2.00. The second kappa shape index (κ2) is 2.22. The molecule has 0 aromatic heterocycles. The van der Waals surface area contributed by atoms with Crippen LogP contribution in [0.2, 0.25) is 0 Å². The summed E-state index contributed by atoms with van der Waals surface area (Å²) in [6, 6.07) is 0. The van der Waals surface area contributed by atoms with E-state index in [0.29, 0.717) is 0 Å². The summed E-state index contributed by atoms with van der Waals surface area (Å²) in [7, 11) is 0. The molecule has 1 nitrogen and oxygen atoms in total. The molecule has 0 atom stereocenters. The number of carbonyl (C=O) groups excluding carboxylic acids is 1. The quantitative estimate of drug-likeness (QED) is 0.634. The monoisotopic (exact) mass is 232 g/mol. The van der Waals surface area contributed by atoms with Crippen molar-refractivity contribution in [1.29, 1.82) is 0 Å². The third-order valence-electron chi connectivity index (χ3n) is 0.399. The highest BCUT2D eigenvalue weighted by molar-refractivity contribution is 9.25. The van der Waals surface area contributed by atoms with Gasteiger partial charge in [0.1, 0.15) is 0 Å². The van der Waals surface area contributed by atoms with E-state index in [2.05, 4.69) is 31.9 Å². The van der Waals surface area contributed by atoms with Crippen LogP contribution in [0.15, 0.2) is 0 Å². The molecule has 0 amide bonds. The van der Waals surface area contributed by atoms with Gasteiger partial charge in [0.25, 0.3) is 3.49 Å². The maximum absolute atomic E-state index is 12.0. The van der Waals surface area contributed by atoms with Crippen LogP contribution in [0.1, 0.15) is 6.92 Å². The molecule has 0 radical (unpaired) electrons. The highest BCUT2D eigenvalue weighted by Crippen LogP contribution is 2.27. The molecule has 0 heterocycles. The van der Waals surface area contributed by atoms with Gasteiger partial charge >= 0.3 is 0 Å². The van der Waals surface area contributed by atoms with Crippen molar-refractivity contribution in [2.45, 2.75) is 10.4 Å². The molecule has 0 aliphatic carbocycles. The Balaban J connectivity index is 3.79. The van der Waals surface area contributed by atoms with Crippen LogP contribution in [-0.2, 0) is 4.79 Å². The van der Waals surface area contributed by atoms with Gasteiger partial charge in [-0.05, 0) is 38.8 Å². The minimum Gasteiger partial charge on any atom is -0.294 e. The number of carbonyl (C=O) groups is 1. The summed E-state index contributed by atoms with van der Waals surface area (Å²) in [4.78, 5) is 10.00. The van der Waals surface area contributed by atoms with Gasteiger partial charge < -0.3 is 0 Å². The fourth-order valence-electron chi connectivity index (χ4n) is 0. The van der Waals surface area contributed by atoms with E-state index in [9.17, 15) is 9.18 Å². The first-order chi connectivity index (χ1) is 2.94. The summed E-state index contributed by atoms with van der Waals surface area (Å²) in [6.07, 6.45) is 0. The van der Waals surface area contributed by atoms with Crippen LogP contribution in [-0.4, -0.2) is 9.27 Å². The predicted molar refractivity (Wildman–Crippen MR) is 32.4 cm³/mol. The van der Waals surface area contributed by atoms with Gasteiger partial charge in [0.05, 0.1) is 0 Å². The third kappa shape index (κ3) is 3.17. The second-order valence-electron chi connectivity index (χ2n) is 1.05. The lowest BCUT2D eigenvalue weighted by molar-refractivity contribution is -0.119. The molecule has 0 rings (SSSR count). The van der Waals surface area contributed by atoms with Crippen molar-refractivity contribution < 1.29 is 9.18 Å². The third-order valence-corrected chi connectivity index (χ3v) is 1.52. The summed E-state index contributed by atoms with van der Waals surface area (Å²) < 4.78 is 9.98. The minimum absolute atomic E-state index is 0.590. The molecule has 0 aromatic carbocycles. The summed E-state index contributed by atoms with van der Waals surface area (Å²) >= 11 is 4.89. The van der Waals surface area contributed by atoms with E-state index in [4.69, 9.17) is 0 Å². The number of alkyl halides is 3. The van der Waals surface area contributed by atoms with E-state index in [0.717, 1.165) is 6.92 Å². The molecular weight excluding hydrogens is 231 g/mol. The van der Waals surface area contributed by atoms with Gasteiger partial charge in [-0.25, -0.2) is 4.39 Å². The molecule has 0 bridgehead atoms. The zero-order chi connectivity index (χ0) is 6.08. The van der Waals surface area contributed by atoms with Crippen LogP contribution in [0.5, 0.6) is 0 Å². The van der Waals surface area contributed by atoms with Crippen LogP contribution in [0.25, 0.3) is 0 Å². The normalized spacial score (nSPS) is 11.4. The molecular formula is C3H3Br2FO.